The van der Waals surface area contributed by atoms with Gasteiger partial charge in [-0.2, -0.15) is 4.99 Å². The van der Waals surface area contributed by atoms with Crippen molar-refractivity contribution in [2.75, 3.05) is 27.4 Å². The van der Waals surface area contributed by atoms with E-state index in [1.54, 1.807) is 24.3 Å². The number of carbonyl (C=O) groups is 1. The predicted octanol–water partition coefficient (Wildman–Crippen LogP) is 4.80. The van der Waals surface area contributed by atoms with Crippen molar-refractivity contribution in [1.29, 1.82) is 0 Å². The molecule has 0 unspecified atom stereocenters. The summed E-state index contributed by atoms with van der Waals surface area (Å²) in [5, 5.41) is 0.860. The van der Waals surface area contributed by atoms with E-state index in [0.717, 1.165) is 10.2 Å². The fourth-order valence-electron chi connectivity index (χ4n) is 2.90. The Morgan fingerprint density at radius 3 is 2.66 bits per heavy atom. The maximum absolute atomic E-state index is 13.0. The van der Waals surface area contributed by atoms with Gasteiger partial charge in [0.2, 0.25) is 0 Å². The summed E-state index contributed by atoms with van der Waals surface area (Å²) in [7, 11) is 3.00. The normalized spacial score (nSPS) is 11.8. The third-order valence-corrected chi connectivity index (χ3v) is 6.07. The number of fused-ring (bicyclic) bond motifs is 1. The Balaban J connectivity index is 2.16. The van der Waals surface area contributed by atoms with Crippen molar-refractivity contribution >= 4 is 50.7 Å². The van der Waals surface area contributed by atoms with E-state index in [0.29, 0.717) is 51.7 Å². The van der Waals surface area contributed by atoms with Crippen LogP contribution in [0.15, 0.2) is 35.3 Å². The molecular formula is C20H20Cl2N2O4S. The summed E-state index contributed by atoms with van der Waals surface area (Å²) in [6.07, 6.45) is 0. The van der Waals surface area contributed by atoms with E-state index >= 15 is 0 Å². The lowest BCUT2D eigenvalue weighted by Crippen LogP contribution is -2.20. The molecule has 1 aromatic heterocycles. The van der Waals surface area contributed by atoms with Gasteiger partial charge in [0, 0.05) is 13.2 Å². The number of nitrogens with zero attached hydrogens (tertiary/aromatic N) is 2. The van der Waals surface area contributed by atoms with Crippen LogP contribution in [0.25, 0.3) is 10.2 Å². The highest BCUT2D eigenvalue weighted by Gasteiger charge is 2.18. The maximum atomic E-state index is 13.0. The molecule has 0 atom stereocenters. The summed E-state index contributed by atoms with van der Waals surface area (Å²) >= 11 is 14.0. The number of amides is 1. The summed E-state index contributed by atoms with van der Waals surface area (Å²) in [6, 6.07) is 8.68. The minimum atomic E-state index is -0.445. The van der Waals surface area contributed by atoms with Gasteiger partial charge < -0.3 is 18.8 Å². The van der Waals surface area contributed by atoms with Gasteiger partial charge in [-0.25, -0.2) is 0 Å². The number of aromatic nitrogens is 1. The molecule has 2 aromatic carbocycles. The van der Waals surface area contributed by atoms with Gasteiger partial charge in [-0.15, -0.1) is 0 Å². The number of ether oxygens (including phenoxy) is 3. The van der Waals surface area contributed by atoms with Crippen LogP contribution in [-0.2, 0) is 11.3 Å². The maximum Gasteiger partial charge on any atom is 0.283 e. The first-order valence-electron chi connectivity index (χ1n) is 8.86. The topological polar surface area (TPSA) is 62.1 Å². The summed E-state index contributed by atoms with van der Waals surface area (Å²) in [5.74, 6) is 0.357. The van der Waals surface area contributed by atoms with Gasteiger partial charge >= 0.3 is 0 Å². The van der Waals surface area contributed by atoms with Crippen LogP contribution >= 0.6 is 34.5 Å². The lowest BCUT2D eigenvalue weighted by atomic mass is 10.2. The van der Waals surface area contributed by atoms with Crippen LogP contribution in [0.1, 0.15) is 17.3 Å². The molecule has 0 bridgehead atoms. The minimum Gasteiger partial charge on any atom is -0.493 e. The second-order valence-corrected chi connectivity index (χ2v) is 7.69. The molecule has 0 spiro atoms. The lowest BCUT2D eigenvalue weighted by Gasteiger charge is -2.10. The molecule has 0 aliphatic carbocycles. The Hall–Kier alpha value is -2.06. The molecule has 0 saturated carbocycles. The predicted molar refractivity (Wildman–Crippen MR) is 116 cm³/mol. The molecule has 1 heterocycles. The average molecular weight is 455 g/mol. The Morgan fingerprint density at radius 2 is 1.97 bits per heavy atom. The zero-order valence-electron chi connectivity index (χ0n) is 16.2. The number of para-hydroxylation sites is 1. The largest absolute Gasteiger partial charge is 0.493 e. The van der Waals surface area contributed by atoms with Crippen molar-refractivity contribution in [3.63, 3.8) is 0 Å². The minimum absolute atomic E-state index is 0.310. The second-order valence-electron chi connectivity index (χ2n) is 5.90. The van der Waals surface area contributed by atoms with Crippen LogP contribution < -0.4 is 14.3 Å². The van der Waals surface area contributed by atoms with E-state index in [9.17, 15) is 4.79 Å². The van der Waals surface area contributed by atoms with Crippen LogP contribution in [0.4, 0.5) is 0 Å². The molecule has 0 aliphatic heterocycles. The van der Waals surface area contributed by atoms with Crippen molar-refractivity contribution < 1.29 is 19.0 Å². The van der Waals surface area contributed by atoms with E-state index in [2.05, 4.69) is 4.99 Å². The van der Waals surface area contributed by atoms with E-state index in [-0.39, 0.29) is 0 Å². The van der Waals surface area contributed by atoms with Crippen LogP contribution in [0, 0.1) is 0 Å². The third kappa shape index (κ3) is 4.43. The number of halogens is 2. The highest BCUT2D eigenvalue weighted by molar-refractivity contribution is 7.16. The number of thiazole rings is 1. The van der Waals surface area contributed by atoms with Crippen LogP contribution in [0.2, 0.25) is 10.0 Å². The molecule has 0 N–H and O–H groups in total. The molecule has 0 fully saturated rings. The summed E-state index contributed by atoms with van der Waals surface area (Å²) in [5.41, 5.74) is 1.04. The molecule has 3 aromatic rings. The summed E-state index contributed by atoms with van der Waals surface area (Å²) < 4.78 is 18.8. The zero-order valence-corrected chi connectivity index (χ0v) is 18.5. The summed E-state index contributed by atoms with van der Waals surface area (Å²) in [6.45, 7) is 3.44. The first kappa shape index (κ1) is 21.6. The third-order valence-electron chi connectivity index (χ3n) is 4.23. The van der Waals surface area contributed by atoms with Gasteiger partial charge in [0.1, 0.15) is 0 Å². The number of hydrogen-bond acceptors (Lipinski definition) is 5. The zero-order chi connectivity index (χ0) is 21.0. The molecular weight excluding hydrogens is 435 g/mol. The Kier molecular flexibility index (Phi) is 7.18. The number of methoxy groups -OCH3 is 2. The quantitative estimate of drug-likeness (QED) is 0.480. The van der Waals surface area contributed by atoms with Gasteiger partial charge in [-0.3, -0.25) is 4.79 Å². The van der Waals surface area contributed by atoms with Crippen molar-refractivity contribution in [3.05, 3.63) is 50.7 Å². The SMILES string of the molecule is CCOCCn1c(=NC(=O)c2cccc(OC)c2OC)sc2ccc(Cl)c(Cl)c21. The highest BCUT2D eigenvalue weighted by Crippen LogP contribution is 2.33. The number of benzene rings is 2. The fraction of sp³-hybridized carbons (Fsp3) is 0.300. The molecule has 0 saturated heterocycles. The molecule has 9 heteroatoms. The molecule has 29 heavy (non-hydrogen) atoms. The molecule has 6 nitrogen and oxygen atoms in total. The Labute approximate surface area is 182 Å². The molecule has 3 rings (SSSR count). The van der Waals surface area contributed by atoms with E-state index in [1.165, 1.54) is 25.6 Å². The lowest BCUT2D eigenvalue weighted by molar-refractivity contribution is 0.0993. The van der Waals surface area contributed by atoms with E-state index in [4.69, 9.17) is 37.4 Å². The standard InChI is InChI=1S/C20H20Cl2N2O4S/c1-4-28-11-10-24-17-15(9-8-13(21)16(17)22)29-20(24)23-19(25)12-6-5-7-14(26-2)18(12)27-3/h5-9H,4,10-11H2,1-3H3. The highest BCUT2D eigenvalue weighted by atomic mass is 35.5. The van der Waals surface area contributed by atoms with Crippen molar-refractivity contribution in [2.45, 2.75) is 13.5 Å². The first-order chi connectivity index (χ1) is 14.0. The first-order valence-corrected chi connectivity index (χ1v) is 10.4. The summed E-state index contributed by atoms with van der Waals surface area (Å²) in [4.78, 5) is 17.8. The van der Waals surface area contributed by atoms with Crippen molar-refractivity contribution in [1.82, 2.24) is 4.57 Å². The van der Waals surface area contributed by atoms with Gasteiger partial charge in [0.05, 0.1) is 46.7 Å². The molecule has 0 radical (unpaired) electrons. The van der Waals surface area contributed by atoms with Crippen molar-refractivity contribution in [2.24, 2.45) is 4.99 Å². The monoisotopic (exact) mass is 454 g/mol. The Morgan fingerprint density at radius 1 is 1.17 bits per heavy atom. The van der Waals surface area contributed by atoms with Gasteiger partial charge in [0.15, 0.2) is 16.3 Å². The molecule has 0 aliphatic rings. The van der Waals surface area contributed by atoms with Gasteiger partial charge in [-0.1, -0.05) is 40.6 Å². The van der Waals surface area contributed by atoms with Crippen molar-refractivity contribution in [3.8, 4) is 11.5 Å². The fourth-order valence-corrected chi connectivity index (χ4v) is 4.44. The second kappa shape index (κ2) is 9.63. The number of carbonyl (C=O) groups excluding carboxylic acids is 1. The van der Waals surface area contributed by atoms with E-state index in [1.807, 2.05) is 17.6 Å². The van der Waals surface area contributed by atoms with Crippen LogP contribution in [0.5, 0.6) is 11.5 Å². The number of hydrogen-bond donors (Lipinski definition) is 0. The average Bonchev–Trinajstić information content (AvgIpc) is 3.07. The number of rotatable bonds is 7. The molecule has 154 valence electrons. The van der Waals surface area contributed by atoms with Crippen LogP contribution in [0.3, 0.4) is 0 Å². The van der Waals surface area contributed by atoms with Gasteiger partial charge in [-0.05, 0) is 31.2 Å². The van der Waals surface area contributed by atoms with Crippen LogP contribution in [-0.4, -0.2) is 37.9 Å². The Bertz CT molecular complexity index is 1110. The smallest absolute Gasteiger partial charge is 0.283 e. The van der Waals surface area contributed by atoms with Gasteiger partial charge in [0.25, 0.3) is 5.91 Å². The molecule has 1 amide bonds. The van der Waals surface area contributed by atoms with E-state index < -0.39 is 5.91 Å².